The van der Waals surface area contributed by atoms with E-state index in [1.807, 2.05) is 19.1 Å². The molecule has 1 unspecified atom stereocenters. The SMILES string of the molecule is CNC(=O)C(N)Cc1ccc(C)o1. The zero-order chi connectivity index (χ0) is 9.84. The largest absolute Gasteiger partial charge is 0.466 e. The summed E-state index contributed by atoms with van der Waals surface area (Å²) in [6.07, 6.45) is 0.438. The van der Waals surface area contributed by atoms with E-state index < -0.39 is 6.04 Å². The third-order valence-electron chi connectivity index (χ3n) is 1.80. The van der Waals surface area contributed by atoms with Crippen LogP contribution in [-0.2, 0) is 11.2 Å². The Morgan fingerprint density at radius 2 is 2.38 bits per heavy atom. The highest BCUT2D eigenvalue weighted by atomic mass is 16.3. The third kappa shape index (κ3) is 2.59. The van der Waals surface area contributed by atoms with Crippen molar-refractivity contribution in [3.63, 3.8) is 0 Å². The van der Waals surface area contributed by atoms with Crippen molar-refractivity contribution in [2.75, 3.05) is 7.05 Å². The quantitative estimate of drug-likeness (QED) is 0.701. The van der Waals surface area contributed by atoms with E-state index in [1.165, 1.54) is 0 Å². The van der Waals surface area contributed by atoms with Gasteiger partial charge in [0.05, 0.1) is 6.04 Å². The molecule has 0 aromatic carbocycles. The Balaban J connectivity index is 2.54. The van der Waals surface area contributed by atoms with Gasteiger partial charge >= 0.3 is 0 Å². The Labute approximate surface area is 77.1 Å². The lowest BCUT2D eigenvalue weighted by Crippen LogP contribution is -2.40. The number of amides is 1. The van der Waals surface area contributed by atoms with Crippen LogP contribution in [0, 0.1) is 6.92 Å². The average Bonchev–Trinajstić information content (AvgIpc) is 2.49. The molecular formula is C9H14N2O2. The van der Waals surface area contributed by atoms with E-state index in [2.05, 4.69) is 5.32 Å². The summed E-state index contributed by atoms with van der Waals surface area (Å²) in [6.45, 7) is 1.86. The number of nitrogens with two attached hydrogens (primary N) is 1. The van der Waals surface area contributed by atoms with Gasteiger partial charge in [-0.2, -0.15) is 0 Å². The number of furan rings is 1. The van der Waals surface area contributed by atoms with Gasteiger partial charge in [-0.1, -0.05) is 0 Å². The van der Waals surface area contributed by atoms with Gasteiger partial charge in [0, 0.05) is 13.5 Å². The maximum atomic E-state index is 11.0. The molecular weight excluding hydrogens is 168 g/mol. The zero-order valence-electron chi connectivity index (χ0n) is 7.83. The molecule has 72 valence electrons. The van der Waals surface area contributed by atoms with Crippen LogP contribution in [0.5, 0.6) is 0 Å². The molecule has 0 spiro atoms. The fraction of sp³-hybridized carbons (Fsp3) is 0.444. The zero-order valence-corrected chi connectivity index (χ0v) is 7.83. The molecule has 0 aliphatic heterocycles. The number of nitrogens with one attached hydrogen (secondary N) is 1. The lowest BCUT2D eigenvalue weighted by Gasteiger charge is -2.07. The van der Waals surface area contributed by atoms with Crippen LogP contribution in [0.15, 0.2) is 16.5 Å². The van der Waals surface area contributed by atoms with E-state index >= 15 is 0 Å². The molecule has 3 N–H and O–H groups in total. The van der Waals surface area contributed by atoms with Crippen molar-refractivity contribution >= 4 is 5.91 Å². The van der Waals surface area contributed by atoms with E-state index in [0.29, 0.717) is 6.42 Å². The Bertz CT molecular complexity index is 294. The van der Waals surface area contributed by atoms with Crippen molar-refractivity contribution in [2.45, 2.75) is 19.4 Å². The number of likely N-dealkylation sites (N-methyl/N-ethyl adjacent to an activating group) is 1. The van der Waals surface area contributed by atoms with Crippen LogP contribution < -0.4 is 11.1 Å². The molecule has 0 saturated heterocycles. The Kier molecular flexibility index (Phi) is 3.08. The van der Waals surface area contributed by atoms with Gasteiger partial charge in [-0.05, 0) is 19.1 Å². The number of hydrogen-bond acceptors (Lipinski definition) is 3. The number of aryl methyl sites for hydroxylation is 1. The summed E-state index contributed by atoms with van der Waals surface area (Å²) >= 11 is 0. The van der Waals surface area contributed by atoms with Crippen LogP contribution in [0.1, 0.15) is 11.5 Å². The van der Waals surface area contributed by atoms with Crippen LogP contribution in [-0.4, -0.2) is 19.0 Å². The normalized spacial score (nSPS) is 12.5. The molecule has 1 rings (SSSR count). The van der Waals surface area contributed by atoms with Gasteiger partial charge in [-0.15, -0.1) is 0 Å². The lowest BCUT2D eigenvalue weighted by atomic mass is 10.2. The molecule has 4 heteroatoms. The maximum Gasteiger partial charge on any atom is 0.237 e. The van der Waals surface area contributed by atoms with Crippen molar-refractivity contribution in [1.82, 2.24) is 5.32 Å². The summed E-state index contributed by atoms with van der Waals surface area (Å²) in [4.78, 5) is 11.0. The Morgan fingerprint density at radius 1 is 1.69 bits per heavy atom. The molecule has 0 radical (unpaired) electrons. The third-order valence-corrected chi connectivity index (χ3v) is 1.80. The van der Waals surface area contributed by atoms with Crippen LogP contribution in [0.25, 0.3) is 0 Å². The summed E-state index contributed by atoms with van der Waals surface area (Å²) < 4.78 is 5.29. The van der Waals surface area contributed by atoms with Crippen LogP contribution >= 0.6 is 0 Å². The van der Waals surface area contributed by atoms with E-state index in [-0.39, 0.29) is 5.91 Å². The lowest BCUT2D eigenvalue weighted by molar-refractivity contribution is -0.121. The molecule has 0 saturated carbocycles. The topological polar surface area (TPSA) is 68.3 Å². The molecule has 4 nitrogen and oxygen atoms in total. The highest BCUT2D eigenvalue weighted by Crippen LogP contribution is 2.07. The summed E-state index contributed by atoms with van der Waals surface area (Å²) in [7, 11) is 1.57. The molecule has 0 aliphatic rings. The van der Waals surface area contributed by atoms with Gasteiger partial charge < -0.3 is 15.5 Å². The van der Waals surface area contributed by atoms with Crippen molar-refractivity contribution in [3.05, 3.63) is 23.7 Å². The molecule has 1 aromatic heterocycles. The van der Waals surface area contributed by atoms with Crippen molar-refractivity contribution in [3.8, 4) is 0 Å². The minimum absolute atomic E-state index is 0.172. The fourth-order valence-corrected chi connectivity index (χ4v) is 1.09. The molecule has 0 fully saturated rings. The summed E-state index contributed by atoms with van der Waals surface area (Å²) in [5.41, 5.74) is 5.60. The molecule has 1 atom stereocenters. The molecule has 13 heavy (non-hydrogen) atoms. The monoisotopic (exact) mass is 182 g/mol. The van der Waals surface area contributed by atoms with Crippen molar-refractivity contribution < 1.29 is 9.21 Å². The highest BCUT2D eigenvalue weighted by molar-refractivity contribution is 5.81. The predicted molar refractivity (Wildman–Crippen MR) is 49.2 cm³/mol. The Morgan fingerprint density at radius 3 is 2.85 bits per heavy atom. The summed E-state index contributed by atoms with van der Waals surface area (Å²) in [6, 6.07) is 3.15. The van der Waals surface area contributed by atoms with Gasteiger partial charge in [0.1, 0.15) is 11.5 Å². The number of carbonyl (C=O) groups is 1. The number of hydrogen-bond donors (Lipinski definition) is 2. The van der Waals surface area contributed by atoms with Gasteiger partial charge in [-0.3, -0.25) is 4.79 Å². The molecule has 1 heterocycles. The molecule has 1 amide bonds. The minimum atomic E-state index is -0.532. The van der Waals surface area contributed by atoms with Crippen LogP contribution in [0.4, 0.5) is 0 Å². The first-order valence-corrected chi connectivity index (χ1v) is 4.16. The van der Waals surface area contributed by atoms with E-state index in [4.69, 9.17) is 10.2 Å². The fourth-order valence-electron chi connectivity index (χ4n) is 1.09. The first kappa shape index (κ1) is 9.80. The second-order valence-electron chi connectivity index (χ2n) is 2.94. The van der Waals surface area contributed by atoms with E-state index in [1.54, 1.807) is 7.05 Å². The first-order chi connectivity index (χ1) is 6.13. The van der Waals surface area contributed by atoms with Gasteiger partial charge in [-0.25, -0.2) is 0 Å². The highest BCUT2D eigenvalue weighted by Gasteiger charge is 2.13. The van der Waals surface area contributed by atoms with Crippen molar-refractivity contribution in [2.24, 2.45) is 5.73 Å². The van der Waals surface area contributed by atoms with Crippen LogP contribution in [0.3, 0.4) is 0 Å². The number of carbonyl (C=O) groups excluding carboxylic acids is 1. The van der Waals surface area contributed by atoms with Gasteiger partial charge in [0.2, 0.25) is 5.91 Å². The van der Waals surface area contributed by atoms with Gasteiger partial charge in [0.25, 0.3) is 0 Å². The second kappa shape index (κ2) is 4.09. The predicted octanol–water partition coefficient (Wildman–Crippen LogP) is 0.204. The van der Waals surface area contributed by atoms with E-state index in [9.17, 15) is 4.79 Å². The van der Waals surface area contributed by atoms with E-state index in [0.717, 1.165) is 11.5 Å². The summed E-state index contributed by atoms with van der Waals surface area (Å²) in [5.74, 6) is 1.40. The standard InChI is InChI=1S/C9H14N2O2/c1-6-3-4-7(13-6)5-8(10)9(12)11-2/h3-4,8H,5,10H2,1-2H3,(H,11,12). The molecule has 0 aliphatic carbocycles. The smallest absolute Gasteiger partial charge is 0.237 e. The van der Waals surface area contributed by atoms with Crippen molar-refractivity contribution in [1.29, 1.82) is 0 Å². The molecule has 1 aromatic rings. The first-order valence-electron chi connectivity index (χ1n) is 4.16. The molecule has 0 bridgehead atoms. The second-order valence-corrected chi connectivity index (χ2v) is 2.94. The maximum absolute atomic E-state index is 11.0. The van der Waals surface area contributed by atoms with Crippen LogP contribution in [0.2, 0.25) is 0 Å². The summed E-state index contributed by atoms with van der Waals surface area (Å²) in [5, 5.41) is 2.49. The minimum Gasteiger partial charge on any atom is -0.466 e. The Hall–Kier alpha value is -1.29. The number of rotatable bonds is 3. The van der Waals surface area contributed by atoms with Gasteiger partial charge in [0.15, 0.2) is 0 Å². The average molecular weight is 182 g/mol.